The van der Waals surface area contributed by atoms with Crippen LogP contribution in [0.25, 0.3) is 0 Å². The third kappa shape index (κ3) is 4.90. The largest absolute Gasteiger partial charge is 0.495 e. The number of rotatable bonds is 7. The van der Waals surface area contributed by atoms with Gasteiger partial charge in [0.05, 0.1) is 26.0 Å². The number of hydrogen-bond acceptors (Lipinski definition) is 7. The topological polar surface area (TPSA) is 88.6 Å². The van der Waals surface area contributed by atoms with E-state index in [0.717, 1.165) is 38.5 Å². The van der Waals surface area contributed by atoms with Crippen LogP contribution in [0.1, 0.15) is 10.5 Å². The number of carbonyl (C=O) groups is 1. The fraction of sp³-hybridized carbons (Fsp3) is 0.389. The van der Waals surface area contributed by atoms with E-state index in [0.29, 0.717) is 23.9 Å². The molecule has 0 aliphatic carbocycles. The SMILES string of the molecule is COc1ccccc1Nc1nccc(C(=O)NCCN2CCOCC2)n1. The van der Waals surface area contributed by atoms with E-state index in [1.54, 1.807) is 19.4 Å². The van der Waals surface area contributed by atoms with Crippen molar-refractivity contribution in [2.24, 2.45) is 0 Å². The van der Waals surface area contributed by atoms with Gasteiger partial charge < -0.3 is 20.1 Å². The second-order valence-electron chi connectivity index (χ2n) is 5.80. The van der Waals surface area contributed by atoms with Crippen LogP contribution in [0.15, 0.2) is 36.5 Å². The zero-order valence-corrected chi connectivity index (χ0v) is 14.8. The number of methoxy groups -OCH3 is 1. The lowest BCUT2D eigenvalue weighted by atomic mass is 10.3. The lowest BCUT2D eigenvalue weighted by molar-refractivity contribution is 0.0383. The molecule has 0 spiro atoms. The third-order valence-electron chi connectivity index (χ3n) is 4.06. The number of ether oxygens (including phenoxy) is 2. The van der Waals surface area contributed by atoms with Crippen molar-refractivity contribution in [1.29, 1.82) is 0 Å². The summed E-state index contributed by atoms with van der Waals surface area (Å²) in [5.41, 5.74) is 1.05. The summed E-state index contributed by atoms with van der Waals surface area (Å²) < 4.78 is 10.6. The van der Waals surface area contributed by atoms with Crippen molar-refractivity contribution in [2.75, 3.05) is 51.8 Å². The molecule has 1 saturated heterocycles. The quantitative estimate of drug-likeness (QED) is 0.772. The fourth-order valence-corrected chi connectivity index (χ4v) is 2.66. The van der Waals surface area contributed by atoms with Gasteiger partial charge in [0.15, 0.2) is 0 Å². The summed E-state index contributed by atoms with van der Waals surface area (Å²) in [5.74, 6) is 0.801. The molecule has 1 fully saturated rings. The first-order valence-corrected chi connectivity index (χ1v) is 8.57. The minimum absolute atomic E-state index is 0.219. The molecule has 0 atom stereocenters. The Morgan fingerprint density at radius 3 is 2.88 bits per heavy atom. The highest BCUT2D eigenvalue weighted by Crippen LogP contribution is 2.25. The second-order valence-corrected chi connectivity index (χ2v) is 5.80. The third-order valence-corrected chi connectivity index (χ3v) is 4.06. The van der Waals surface area contributed by atoms with Gasteiger partial charge in [-0.1, -0.05) is 12.1 Å². The number of nitrogens with zero attached hydrogens (tertiary/aromatic N) is 3. The maximum Gasteiger partial charge on any atom is 0.270 e. The molecule has 3 rings (SSSR count). The molecule has 8 heteroatoms. The monoisotopic (exact) mass is 357 g/mol. The van der Waals surface area contributed by atoms with Crippen molar-refractivity contribution in [3.63, 3.8) is 0 Å². The van der Waals surface area contributed by atoms with Crippen LogP contribution in [0, 0.1) is 0 Å². The zero-order chi connectivity index (χ0) is 18.2. The van der Waals surface area contributed by atoms with Crippen LogP contribution >= 0.6 is 0 Å². The van der Waals surface area contributed by atoms with E-state index < -0.39 is 0 Å². The summed E-state index contributed by atoms with van der Waals surface area (Å²) in [6.45, 7) is 4.66. The second kappa shape index (κ2) is 9.12. The highest BCUT2D eigenvalue weighted by Gasteiger charge is 2.12. The number of hydrogen-bond donors (Lipinski definition) is 2. The first kappa shape index (κ1) is 18.1. The molecule has 0 radical (unpaired) electrons. The van der Waals surface area contributed by atoms with Gasteiger partial charge >= 0.3 is 0 Å². The average Bonchev–Trinajstić information content (AvgIpc) is 2.69. The Hall–Kier alpha value is -2.71. The Balaban J connectivity index is 1.56. The number of aromatic nitrogens is 2. The normalized spacial score (nSPS) is 14.7. The lowest BCUT2D eigenvalue weighted by Crippen LogP contribution is -2.41. The molecule has 1 aromatic heterocycles. The van der Waals surface area contributed by atoms with Crippen molar-refractivity contribution < 1.29 is 14.3 Å². The van der Waals surface area contributed by atoms with Gasteiger partial charge in [-0.05, 0) is 18.2 Å². The summed E-state index contributed by atoms with van der Waals surface area (Å²) in [6.07, 6.45) is 1.56. The molecule has 138 valence electrons. The number of benzene rings is 1. The first-order valence-electron chi connectivity index (χ1n) is 8.57. The molecule has 0 bridgehead atoms. The van der Waals surface area contributed by atoms with Gasteiger partial charge in [0.1, 0.15) is 11.4 Å². The molecule has 0 unspecified atom stereocenters. The Bertz CT molecular complexity index is 734. The molecular weight excluding hydrogens is 334 g/mol. The number of nitrogens with one attached hydrogen (secondary N) is 2. The zero-order valence-electron chi connectivity index (χ0n) is 14.8. The van der Waals surface area contributed by atoms with Crippen LogP contribution in [0.4, 0.5) is 11.6 Å². The van der Waals surface area contributed by atoms with Gasteiger partial charge in [-0.25, -0.2) is 9.97 Å². The Labute approximate surface area is 152 Å². The van der Waals surface area contributed by atoms with Crippen LogP contribution < -0.4 is 15.4 Å². The van der Waals surface area contributed by atoms with E-state index in [2.05, 4.69) is 25.5 Å². The summed E-state index contributed by atoms with van der Waals surface area (Å²) in [4.78, 5) is 23.0. The van der Waals surface area contributed by atoms with Gasteiger partial charge in [0.2, 0.25) is 5.95 Å². The van der Waals surface area contributed by atoms with Gasteiger partial charge in [-0.2, -0.15) is 0 Å². The van der Waals surface area contributed by atoms with E-state index in [1.165, 1.54) is 0 Å². The molecule has 0 saturated carbocycles. The number of morpholine rings is 1. The van der Waals surface area contributed by atoms with Crippen LogP contribution in [0.3, 0.4) is 0 Å². The minimum atomic E-state index is -0.219. The molecule has 2 N–H and O–H groups in total. The fourth-order valence-electron chi connectivity index (χ4n) is 2.66. The summed E-state index contributed by atoms with van der Waals surface area (Å²) in [5, 5.41) is 5.97. The van der Waals surface area contributed by atoms with E-state index in [9.17, 15) is 4.79 Å². The van der Waals surface area contributed by atoms with Gasteiger partial charge in [-0.3, -0.25) is 9.69 Å². The van der Waals surface area contributed by atoms with Gasteiger partial charge in [0, 0.05) is 32.4 Å². The van der Waals surface area contributed by atoms with E-state index in [-0.39, 0.29) is 5.91 Å². The first-order chi connectivity index (χ1) is 12.8. The molecule has 1 aromatic carbocycles. The maximum absolute atomic E-state index is 12.3. The van der Waals surface area contributed by atoms with E-state index in [1.807, 2.05) is 24.3 Å². The number of amides is 1. The molecular formula is C18H23N5O3. The van der Waals surface area contributed by atoms with E-state index >= 15 is 0 Å². The van der Waals surface area contributed by atoms with Crippen molar-refractivity contribution in [1.82, 2.24) is 20.2 Å². The van der Waals surface area contributed by atoms with Crippen molar-refractivity contribution in [3.8, 4) is 5.75 Å². The summed E-state index contributed by atoms with van der Waals surface area (Å²) in [6, 6.07) is 9.05. The smallest absolute Gasteiger partial charge is 0.270 e. The highest BCUT2D eigenvalue weighted by molar-refractivity contribution is 5.92. The number of para-hydroxylation sites is 2. The number of anilines is 2. The molecule has 1 aliphatic heterocycles. The Morgan fingerprint density at radius 1 is 1.27 bits per heavy atom. The van der Waals surface area contributed by atoms with Crippen LogP contribution in [-0.4, -0.2) is 67.3 Å². The standard InChI is InChI=1S/C18H23N5O3/c1-25-16-5-3-2-4-14(16)21-18-20-7-6-15(22-18)17(24)19-8-9-23-10-12-26-13-11-23/h2-7H,8-13H2,1H3,(H,19,24)(H,20,21,22). The van der Waals surface area contributed by atoms with E-state index in [4.69, 9.17) is 9.47 Å². The molecule has 8 nitrogen and oxygen atoms in total. The predicted octanol–water partition coefficient (Wildman–Crippen LogP) is 1.29. The molecule has 1 aliphatic rings. The van der Waals surface area contributed by atoms with Crippen LogP contribution in [0.2, 0.25) is 0 Å². The van der Waals surface area contributed by atoms with Gasteiger partial charge in [0.25, 0.3) is 5.91 Å². The van der Waals surface area contributed by atoms with Crippen LogP contribution in [0.5, 0.6) is 5.75 Å². The maximum atomic E-state index is 12.3. The van der Waals surface area contributed by atoms with Crippen molar-refractivity contribution in [3.05, 3.63) is 42.2 Å². The Morgan fingerprint density at radius 2 is 2.08 bits per heavy atom. The lowest BCUT2D eigenvalue weighted by Gasteiger charge is -2.26. The summed E-state index contributed by atoms with van der Waals surface area (Å²) in [7, 11) is 1.60. The van der Waals surface area contributed by atoms with Crippen LogP contribution in [-0.2, 0) is 4.74 Å². The summed E-state index contributed by atoms with van der Waals surface area (Å²) >= 11 is 0. The molecule has 26 heavy (non-hydrogen) atoms. The highest BCUT2D eigenvalue weighted by atomic mass is 16.5. The average molecular weight is 357 g/mol. The molecule has 1 amide bonds. The van der Waals surface area contributed by atoms with Crippen molar-refractivity contribution >= 4 is 17.5 Å². The number of carbonyl (C=O) groups excluding carboxylic acids is 1. The van der Waals surface area contributed by atoms with Gasteiger partial charge in [-0.15, -0.1) is 0 Å². The molecule has 2 aromatic rings. The predicted molar refractivity (Wildman–Crippen MR) is 97.9 cm³/mol. The minimum Gasteiger partial charge on any atom is -0.495 e. The molecule has 2 heterocycles. The van der Waals surface area contributed by atoms with Crippen molar-refractivity contribution in [2.45, 2.75) is 0 Å². The Kier molecular flexibility index (Phi) is 6.34.